The molecule has 0 aromatic heterocycles. The van der Waals surface area contributed by atoms with E-state index in [0.717, 1.165) is 0 Å². The van der Waals surface area contributed by atoms with E-state index in [1.165, 1.54) is 4.90 Å². The van der Waals surface area contributed by atoms with Gasteiger partial charge < -0.3 is 15.7 Å². The van der Waals surface area contributed by atoms with Crippen LogP contribution >= 0.6 is 0 Å². The highest BCUT2D eigenvalue weighted by Crippen LogP contribution is 2.36. The lowest BCUT2D eigenvalue weighted by Crippen LogP contribution is -2.27. The number of hydrogen-bond acceptors (Lipinski definition) is 2. The Kier molecular flexibility index (Phi) is 1.94. The van der Waals surface area contributed by atoms with Gasteiger partial charge in [0, 0.05) is 24.6 Å². The van der Waals surface area contributed by atoms with Crippen molar-refractivity contribution in [1.82, 2.24) is 4.90 Å². The molecule has 0 bridgehead atoms. The molecule has 2 atom stereocenters. The summed E-state index contributed by atoms with van der Waals surface area (Å²) in [5.41, 5.74) is 5.82. The first-order chi connectivity index (χ1) is 6.58. The van der Waals surface area contributed by atoms with Crippen molar-refractivity contribution in [1.29, 1.82) is 0 Å². The average Bonchev–Trinajstić information content (AvgIpc) is 2.57. The summed E-state index contributed by atoms with van der Waals surface area (Å²) >= 11 is 0. The van der Waals surface area contributed by atoms with Gasteiger partial charge in [-0.25, -0.2) is 4.79 Å². The summed E-state index contributed by atoms with van der Waals surface area (Å²) in [6.07, 6.45) is 1.58. The fourth-order valence-electron chi connectivity index (χ4n) is 2.25. The van der Waals surface area contributed by atoms with Gasteiger partial charge in [0.25, 0.3) is 0 Å². The molecule has 2 aliphatic rings. The van der Waals surface area contributed by atoms with E-state index in [9.17, 15) is 9.59 Å². The third-order valence-electron chi connectivity index (χ3n) is 2.98. The van der Waals surface area contributed by atoms with Crippen molar-refractivity contribution in [3.63, 3.8) is 0 Å². The Bertz CT molecular complexity index is 324. The Morgan fingerprint density at radius 1 is 1.50 bits per heavy atom. The topological polar surface area (TPSA) is 83.6 Å². The molecule has 0 saturated carbocycles. The second-order valence-electron chi connectivity index (χ2n) is 3.87. The molecule has 0 aromatic carbocycles. The van der Waals surface area contributed by atoms with Gasteiger partial charge in [0.2, 0.25) is 5.91 Å². The van der Waals surface area contributed by atoms with Crippen LogP contribution < -0.4 is 5.73 Å². The number of nitrogens with two attached hydrogens (primary N) is 1. The lowest BCUT2D eigenvalue weighted by atomic mass is 10.00. The van der Waals surface area contributed by atoms with Gasteiger partial charge >= 0.3 is 6.09 Å². The average molecular weight is 196 g/mol. The van der Waals surface area contributed by atoms with Gasteiger partial charge in [-0.05, 0) is 12.3 Å². The first-order valence-corrected chi connectivity index (χ1v) is 4.56. The maximum absolute atomic E-state index is 10.9. The zero-order chi connectivity index (χ0) is 10.3. The molecule has 2 unspecified atom stereocenters. The summed E-state index contributed by atoms with van der Waals surface area (Å²) in [6.45, 7) is 1.02. The van der Waals surface area contributed by atoms with E-state index < -0.39 is 6.09 Å². The minimum atomic E-state index is -0.881. The number of fused-ring (bicyclic) bond motifs is 1. The quantitative estimate of drug-likeness (QED) is 0.620. The van der Waals surface area contributed by atoms with E-state index in [1.54, 1.807) is 0 Å². The van der Waals surface area contributed by atoms with Crippen LogP contribution in [0.5, 0.6) is 0 Å². The van der Waals surface area contributed by atoms with Crippen LogP contribution in [0.15, 0.2) is 11.6 Å². The number of carboxylic acid groups (broad SMARTS) is 1. The molecule has 2 rings (SSSR count). The molecular weight excluding hydrogens is 184 g/mol. The highest BCUT2D eigenvalue weighted by molar-refractivity contribution is 5.92. The van der Waals surface area contributed by atoms with Crippen molar-refractivity contribution in [2.45, 2.75) is 6.42 Å². The molecular formula is C9H12N2O3. The lowest BCUT2D eigenvalue weighted by Gasteiger charge is -2.11. The van der Waals surface area contributed by atoms with Gasteiger partial charge in [0.05, 0.1) is 0 Å². The van der Waals surface area contributed by atoms with E-state index in [0.29, 0.717) is 25.1 Å². The van der Waals surface area contributed by atoms with Gasteiger partial charge in [0.15, 0.2) is 0 Å². The number of rotatable bonds is 1. The summed E-state index contributed by atoms with van der Waals surface area (Å²) in [5.74, 6) is 0.0727. The minimum absolute atomic E-state index is 0.189. The third kappa shape index (κ3) is 1.34. The van der Waals surface area contributed by atoms with E-state index >= 15 is 0 Å². The first-order valence-electron chi connectivity index (χ1n) is 4.56. The second kappa shape index (κ2) is 3.01. The smallest absolute Gasteiger partial charge is 0.407 e. The number of primary amides is 1. The Labute approximate surface area is 81.2 Å². The van der Waals surface area contributed by atoms with Crippen molar-refractivity contribution in [3.8, 4) is 0 Å². The van der Waals surface area contributed by atoms with Crippen molar-refractivity contribution in [2.75, 3.05) is 13.1 Å². The van der Waals surface area contributed by atoms with Crippen molar-refractivity contribution < 1.29 is 14.7 Å². The van der Waals surface area contributed by atoms with Crippen molar-refractivity contribution in [3.05, 3.63) is 11.6 Å². The molecule has 0 aromatic rings. The van der Waals surface area contributed by atoms with Crippen LogP contribution in [-0.4, -0.2) is 35.1 Å². The van der Waals surface area contributed by atoms with Crippen LogP contribution in [0.25, 0.3) is 0 Å². The zero-order valence-corrected chi connectivity index (χ0v) is 7.64. The van der Waals surface area contributed by atoms with Crippen LogP contribution in [-0.2, 0) is 4.79 Å². The van der Waals surface area contributed by atoms with Crippen molar-refractivity contribution >= 4 is 12.0 Å². The number of carbonyl (C=O) groups is 2. The fraction of sp³-hybridized carbons (Fsp3) is 0.556. The molecule has 3 N–H and O–H groups in total. The maximum atomic E-state index is 10.9. The standard InChI is InChI=1S/C9H12N2O3/c10-8(12)5-1-6-3-11(9(13)14)4-7(6)2-5/h1,6-7H,2-4H2,(H2,10,12)(H,13,14). The molecule has 76 valence electrons. The van der Waals surface area contributed by atoms with Gasteiger partial charge in [-0.15, -0.1) is 0 Å². The molecule has 14 heavy (non-hydrogen) atoms. The normalized spacial score (nSPS) is 30.0. The predicted octanol–water partition coefficient (Wildman–Crippen LogP) is 0.0278. The highest BCUT2D eigenvalue weighted by Gasteiger charge is 2.39. The molecule has 2 amide bonds. The van der Waals surface area contributed by atoms with Crippen LogP contribution in [0, 0.1) is 11.8 Å². The molecule has 0 radical (unpaired) electrons. The Hall–Kier alpha value is -1.52. The number of nitrogens with zero attached hydrogens (tertiary/aromatic N) is 1. The highest BCUT2D eigenvalue weighted by atomic mass is 16.4. The van der Waals surface area contributed by atoms with E-state index in [4.69, 9.17) is 10.8 Å². The number of likely N-dealkylation sites (tertiary alicyclic amines) is 1. The monoisotopic (exact) mass is 196 g/mol. The molecule has 5 heteroatoms. The SMILES string of the molecule is NC(=O)C1=CC2CN(C(=O)O)CC2C1. The summed E-state index contributed by atoms with van der Waals surface area (Å²) in [6, 6.07) is 0. The van der Waals surface area contributed by atoms with Crippen LogP contribution in [0.3, 0.4) is 0 Å². The van der Waals surface area contributed by atoms with Crippen LogP contribution in [0.1, 0.15) is 6.42 Å². The van der Waals surface area contributed by atoms with E-state index in [1.807, 2.05) is 6.08 Å². The maximum Gasteiger partial charge on any atom is 0.407 e. The second-order valence-corrected chi connectivity index (χ2v) is 3.87. The number of amides is 2. The molecule has 5 nitrogen and oxygen atoms in total. The zero-order valence-electron chi connectivity index (χ0n) is 7.64. The molecule has 1 aliphatic heterocycles. The summed E-state index contributed by atoms with van der Waals surface area (Å²) in [7, 11) is 0. The van der Waals surface area contributed by atoms with Crippen LogP contribution in [0.4, 0.5) is 4.79 Å². The lowest BCUT2D eigenvalue weighted by molar-refractivity contribution is -0.114. The Balaban J connectivity index is 2.06. The van der Waals surface area contributed by atoms with Gasteiger partial charge in [-0.3, -0.25) is 4.79 Å². The molecule has 1 fully saturated rings. The molecule has 1 heterocycles. The summed E-state index contributed by atoms with van der Waals surface area (Å²) < 4.78 is 0. The van der Waals surface area contributed by atoms with Gasteiger partial charge in [-0.1, -0.05) is 6.08 Å². The number of carbonyl (C=O) groups excluding carboxylic acids is 1. The summed E-state index contributed by atoms with van der Waals surface area (Å²) in [4.78, 5) is 22.9. The predicted molar refractivity (Wildman–Crippen MR) is 48.5 cm³/mol. The largest absolute Gasteiger partial charge is 0.465 e. The Morgan fingerprint density at radius 2 is 2.21 bits per heavy atom. The molecule has 1 aliphatic carbocycles. The molecule has 0 spiro atoms. The Morgan fingerprint density at radius 3 is 2.71 bits per heavy atom. The third-order valence-corrected chi connectivity index (χ3v) is 2.98. The van der Waals surface area contributed by atoms with Gasteiger partial charge in [-0.2, -0.15) is 0 Å². The summed E-state index contributed by atoms with van der Waals surface area (Å²) in [5, 5.41) is 8.76. The number of hydrogen-bond donors (Lipinski definition) is 2. The van der Waals surface area contributed by atoms with E-state index in [2.05, 4.69) is 0 Å². The molecule has 1 saturated heterocycles. The minimum Gasteiger partial charge on any atom is -0.465 e. The van der Waals surface area contributed by atoms with E-state index in [-0.39, 0.29) is 17.7 Å². The van der Waals surface area contributed by atoms with Crippen molar-refractivity contribution in [2.24, 2.45) is 17.6 Å². The first kappa shape index (κ1) is 9.05. The van der Waals surface area contributed by atoms with Gasteiger partial charge in [0.1, 0.15) is 0 Å². The van der Waals surface area contributed by atoms with Crippen LogP contribution in [0.2, 0.25) is 0 Å². The fourth-order valence-corrected chi connectivity index (χ4v) is 2.25.